The Labute approximate surface area is 396 Å². The lowest BCUT2D eigenvalue weighted by Crippen LogP contribution is -2.62. The molecule has 2 aromatic carbocycles. The number of pyridine rings is 1. The number of aromatic nitrogens is 2. The van der Waals surface area contributed by atoms with E-state index in [1.807, 2.05) is 52.1 Å². The number of anilines is 1. The van der Waals surface area contributed by atoms with Gasteiger partial charge in [-0.1, -0.05) is 65.8 Å². The third-order valence-electron chi connectivity index (χ3n) is 12.7. The second kappa shape index (κ2) is 18.7. The maximum absolute atomic E-state index is 15.1. The number of likely N-dealkylation sites (tertiary alicyclic amines) is 1. The summed E-state index contributed by atoms with van der Waals surface area (Å²) in [5.41, 5.74) is -0.673. The number of sulfonamides is 1. The molecule has 0 spiro atoms. The largest absolute Gasteiger partial charge is 0.497 e. The first-order chi connectivity index (χ1) is 31.4. The molecule has 7 rings (SSSR count). The minimum Gasteiger partial charge on any atom is -0.497 e. The van der Waals surface area contributed by atoms with Gasteiger partial charge in [0.15, 0.2) is 5.13 Å². The lowest BCUT2D eigenvalue weighted by atomic mass is 9.85. The fourth-order valence-electron chi connectivity index (χ4n) is 8.65. The summed E-state index contributed by atoms with van der Waals surface area (Å²) in [7, 11) is -2.29. The molecule has 1 aliphatic carbocycles. The number of hydrogen-bond donors (Lipinski definition) is 5. The highest BCUT2D eigenvalue weighted by atomic mass is 32.2. The number of carboxylic acids is 1. The predicted octanol–water partition coefficient (Wildman–Crippen LogP) is 6.06. The summed E-state index contributed by atoms with van der Waals surface area (Å²) in [6, 6.07) is 10.4. The number of methoxy groups -OCH3 is 1. The molecular formula is C48H62N8O9S2. The van der Waals surface area contributed by atoms with Crippen molar-refractivity contribution in [3.8, 4) is 22.9 Å². The Bertz CT molecular complexity index is 2680. The van der Waals surface area contributed by atoms with Crippen LogP contribution in [-0.2, 0) is 30.8 Å². The topological polar surface area (TPSA) is 221 Å². The van der Waals surface area contributed by atoms with Crippen LogP contribution in [0.1, 0.15) is 73.8 Å². The van der Waals surface area contributed by atoms with Crippen LogP contribution in [0.15, 0.2) is 71.5 Å². The number of hydrogen-bond acceptors (Lipinski definition) is 12. The number of nitrogens with one attached hydrogen (secondary N) is 4. The first-order valence-electron chi connectivity index (χ1n) is 22.5. The predicted molar refractivity (Wildman–Crippen MR) is 257 cm³/mol. The second-order valence-corrected chi connectivity index (χ2v) is 22.8. The number of aliphatic carboxylic acids is 1. The third-order valence-corrected chi connectivity index (χ3v) is 15.4. The van der Waals surface area contributed by atoms with Crippen LogP contribution in [0, 0.1) is 16.7 Å². The van der Waals surface area contributed by atoms with E-state index in [0.717, 1.165) is 10.7 Å². The van der Waals surface area contributed by atoms with E-state index in [4.69, 9.17) is 19.4 Å². The van der Waals surface area contributed by atoms with E-state index in [0.29, 0.717) is 40.2 Å². The highest BCUT2D eigenvalue weighted by Crippen LogP contribution is 2.45. The zero-order valence-electron chi connectivity index (χ0n) is 39.5. The van der Waals surface area contributed by atoms with Crippen molar-refractivity contribution in [2.24, 2.45) is 16.7 Å². The Kier molecular flexibility index (Phi) is 13.7. The number of carboxylic acid groups (broad SMARTS) is 1. The van der Waals surface area contributed by atoms with Gasteiger partial charge in [0.2, 0.25) is 21.8 Å². The fourth-order valence-corrected chi connectivity index (χ4v) is 11.2. The van der Waals surface area contributed by atoms with Gasteiger partial charge in [-0.15, -0.1) is 17.9 Å². The molecule has 2 unspecified atom stereocenters. The quantitative estimate of drug-likeness (QED) is 0.0859. The molecular weight excluding hydrogens is 897 g/mol. The summed E-state index contributed by atoms with van der Waals surface area (Å²) in [5, 5.41) is 25.4. The summed E-state index contributed by atoms with van der Waals surface area (Å²) >= 11 is 1.44. The molecule has 3 aliphatic rings. The summed E-state index contributed by atoms with van der Waals surface area (Å²) < 4.78 is 41.2. The van der Waals surface area contributed by atoms with Crippen LogP contribution in [0.2, 0.25) is 0 Å². The highest BCUT2D eigenvalue weighted by molar-refractivity contribution is 7.89. The Hall–Kier alpha value is -5.79. The Morgan fingerprint density at radius 3 is 2.39 bits per heavy atom. The number of benzene rings is 2. The van der Waals surface area contributed by atoms with Crippen molar-refractivity contribution in [1.82, 2.24) is 35.1 Å². The van der Waals surface area contributed by atoms with Gasteiger partial charge in [-0.3, -0.25) is 9.59 Å². The van der Waals surface area contributed by atoms with Gasteiger partial charge in [0, 0.05) is 60.4 Å². The van der Waals surface area contributed by atoms with Crippen molar-refractivity contribution in [3.63, 3.8) is 0 Å². The van der Waals surface area contributed by atoms with Gasteiger partial charge in [0.1, 0.15) is 40.9 Å². The molecule has 2 aromatic heterocycles. The van der Waals surface area contributed by atoms with Crippen molar-refractivity contribution >= 4 is 61.2 Å². The first kappa shape index (κ1) is 49.1. The van der Waals surface area contributed by atoms with Crippen LogP contribution in [0.5, 0.6) is 11.5 Å². The molecule has 2 fully saturated rings. The van der Waals surface area contributed by atoms with Crippen molar-refractivity contribution in [3.05, 3.63) is 72.1 Å². The molecule has 4 amide bonds. The van der Waals surface area contributed by atoms with Crippen molar-refractivity contribution in [2.45, 2.75) is 115 Å². The van der Waals surface area contributed by atoms with Crippen LogP contribution in [0.4, 0.5) is 9.93 Å². The summed E-state index contributed by atoms with van der Waals surface area (Å²) in [6.45, 7) is 19.0. The van der Waals surface area contributed by atoms with E-state index >= 15 is 4.79 Å². The summed E-state index contributed by atoms with van der Waals surface area (Å²) in [6.07, 6.45) is 1.37. The smallest absolute Gasteiger partial charge is 0.330 e. The van der Waals surface area contributed by atoms with E-state index in [9.17, 15) is 27.9 Å². The van der Waals surface area contributed by atoms with Gasteiger partial charge >= 0.3 is 12.0 Å². The minimum absolute atomic E-state index is 0.0108. The number of thiazole rings is 1. The van der Waals surface area contributed by atoms with Crippen molar-refractivity contribution < 1.29 is 42.2 Å². The van der Waals surface area contributed by atoms with E-state index in [2.05, 4.69) is 27.8 Å². The van der Waals surface area contributed by atoms with Gasteiger partial charge in [0.05, 0.1) is 29.8 Å². The Balaban J connectivity index is 1.18. The Morgan fingerprint density at radius 1 is 1.01 bits per heavy atom. The number of carbonyl (C=O) groups is 4. The molecule has 4 heterocycles. The average molecular weight is 959 g/mol. The molecule has 0 radical (unpaired) electrons. The lowest BCUT2D eigenvalue weighted by Gasteiger charge is -2.39. The molecule has 1 saturated carbocycles. The molecule has 360 valence electrons. The van der Waals surface area contributed by atoms with Crippen molar-refractivity contribution in [2.75, 3.05) is 32.1 Å². The standard InChI is InChI=1S/C48H62N8O9S2/c1-11-29-23-48(29,43(59)60)54-41(57)36-21-31(65-37-22-34(35-26-66-45(51-35)49-27(2)3)50-33-20-30(64-10)16-17-32(33)37)24-56(36)42(58)40(47(7,8)9)53-44(61)52-39(46(4,5)6)25-55-19-18-28-14-12-13-15-38(28)67(55,62)63/h11-17,20,22,26-27,29,31,36,39-40H,1,18-19,21,23-25H2,2-10H3,(H,49,51)(H,54,57)(H,59,60)(H2,52,53,61)/t29?,31-,36+,39?,40-,48-/m1/s1. The van der Waals surface area contributed by atoms with Crippen LogP contribution >= 0.6 is 11.3 Å². The number of carbonyl (C=O) groups excluding carboxylic acids is 3. The number of rotatable bonds is 15. The van der Waals surface area contributed by atoms with Crippen LogP contribution in [0.3, 0.4) is 0 Å². The molecule has 2 aliphatic heterocycles. The van der Waals surface area contributed by atoms with Crippen LogP contribution in [-0.4, -0.2) is 119 Å². The third kappa shape index (κ3) is 10.4. The fraction of sp³-hybridized carbons (Fsp3) is 0.500. The first-order valence-corrected chi connectivity index (χ1v) is 24.8. The molecule has 17 nitrogen and oxygen atoms in total. The number of urea groups is 1. The van der Waals surface area contributed by atoms with Gasteiger partial charge < -0.3 is 40.7 Å². The SMILES string of the molecule is C=CC1C[C@]1(NC(=O)[C@@H]1C[C@@H](Oc2cc(-c3csc(NC(C)C)n3)nc3cc(OC)ccc23)CN1C(=O)[C@@H](NC(=O)NC(CN1CCc2ccccc2S1(=O)=O)C(C)(C)C)C(C)(C)C)C(=O)O. The number of fused-ring (bicyclic) bond motifs is 2. The van der Waals surface area contributed by atoms with E-state index in [1.54, 1.807) is 64.3 Å². The number of ether oxygens (including phenoxy) is 2. The van der Waals surface area contributed by atoms with E-state index < -0.39 is 80.4 Å². The highest BCUT2D eigenvalue weighted by Gasteiger charge is 2.61. The minimum atomic E-state index is -3.85. The van der Waals surface area contributed by atoms with Gasteiger partial charge in [0.25, 0.3) is 0 Å². The molecule has 6 atom stereocenters. The second-order valence-electron chi connectivity index (χ2n) is 20.1. The molecule has 0 bridgehead atoms. The summed E-state index contributed by atoms with van der Waals surface area (Å²) in [4.78, 5) is 67.4. The Morgan fingerprint density at radius 2 is 1.75 bits per heavy atom. The molecule has 4 aromatic rings. The molecule has 5 N–H and O–H groups in total. The zero-order chi connectivity index (χ0) is 48.8. The maximum atomic E-state index is 15.1. The normalized spacial score (nSPS) is 22.3. The van der Waals surface area contributed by atoms with E-state index in [1.165, 1.54) is 26.6 Å². The summed E-state index contributed by atoms with van der Waals surface area (Å²) in [5.74, 6) is -2.00. The number of nitrogens with zero attached hydrogens (tertiary/aromatic N) is 4. The van der Waals surface area contributed by atoms with E-state index in [-0.39, 0.29) is 43.4 Å². The van der Waals surface area contributed by atoms with Crippen molar-refractivity contribution in [1.29, 1.82) is 0 Å². The molecule has 1 saturated heterocycles. The lowest BCUT2D eigenvalue weighted by molar-refractivity contribution is -0.146. The van der Waals surface area contributed by atoms with Crippen LogP contribution in [0.25, 0.3) is 22.3 Å². The van der Waals surface area contributed by atoms with Gasteiger partial charge in [-0.2, -0.15) is 4.31 Å². The van der Waals surface area contributed by atoms with Gasteiger partial charge in [-0.05, 0) is 61.3 Å². The molecule has 19 heteroatoms. The maximum Gasteiger partial charge on any atom is 0.330 e. The van der Waals surface area contributed by atoms with Gasteiger partial charge in [-0.25, -0.2) is 28.0 Å². The van der Waals surface area contributed by atoms with Crippen LogP contribution < -0.4 is 30.7 Å². The average Bonchev–Trinajstić information content (AvgIpc) is 3.52. The number of amides is 4. The zero-order valence-corrected chi connectivity index (χ0v) is 41.1. The monoisotopic (exact) mass is 958 g/mol. The molecule has 67 heavy (non-hydrogen) atoms.